The Balaban J connectivity index is 3.42. The molecule has 0 aliphatic rings. The summed E-state index contributed by atoms with van der Waals surface area (Å²) in [7, 11) is 0. The zero-order valence-corrected chi connectivity index (χ0v) is 12.5. The number of carbonyl (C=O) groups is 1. The molecular formula is C13H16Cl2O4. The molecule has 0 saturated carbocycles. The van der Waals surface area contributed by atoms with Gasteiger partial charge in [0.05, 0.1) is 24.2 Å². The Morgan fingerprint density at radius 2 is 1.84 bits per heavy atom. The first-order chi connectivity index (χ1) is 8.93. The van der Waals surface area contributed by atoms with Crippen molar-refractivity contribution in [1.29, 1.82) is 0 Å². The van der Waals surface area contributed by atoms with Crippen molar-refractivity contribution in [1.82, 2.24) is 0 Å². The lowest BCUT2D eigenvalue weighted by atomic mass is 10.0. The smallest absolute Gasteiger partial charge is 0.310 e. The first-order valence-electron chi connectivity index (χ1n) is 5.94. The highest BCUT2D eigenvalue weighted by molar-refractivity contribution is 6.38. The van der Waals surface area contributed by atoms with Gasteiger partial charge in [0.2, 0.25) is 0 Å². The summed E-state index contributed by atoms with van der Waals surface area (Å²) in [5, 5.41) is 9.57. The van der Waals surface area contributed by atoms with Crippen LogP contribution in [0.4, 0.5) is 0 Å². The van der Waals surface area contributed by atoms with Crippen LogP contribution in [0.3, 0.4) is 0 Å². The number of ether oxygens (including phenoxy) is 2. The number of halogens is 2. The van der Waals surface area contributed by atoms with E-state index in [-0.39, 0.29) is 15.8 Å². The lowest BCUT2D eigenvalue weighted by molar-refractivity contribution is -0.138. The molecule has 0 aliphatic heterocycles. The van der Waals surface area contributed by atoms with Gasteiger partial charge in [-0.1, -0.05) is 23.2 Å². The zero-order chi connectivity index (χ0) is 14.6. The minimum Gasteiger partial charge on any atom is -0.492 e. The number of carboxylic acid groups (broad SMARTS) is 1. The Labute approximate surface area is 122 Å². The third-order valence-electron chi connectivity index (χ3n) is 2.58. The van der Waals surface area contributed by atoms with Crippen molar-refractivity contribution >= 4 is 29.2 Å². The number of hydrogen-bond acceptors (Lipinski definition) is 3. The minimum atomic E-state index is -0.978. The highest BCUT2D eigenvalue weighted by atomic mass is 35.5. The Kier molecular flexibility index (Phi) is 5.76. The van der Waals surface area contributed by atoms with E-state index in [1.54, 1.807) is 19.9 Å². The van der Waals surface area contributed by atoms with E-state index in [9.17, 15) is 4.79 Å². The fourth-order valence-corrected chi connectivity index (χ4v) is 2.26. The topological polar surface area (TPSA) is 55.8 Å². The molecule has 0 spiro atoms. The molecular weight excluding hydrogens is 291 g/mol. The maximum atomic E-state index is 11.1. The highest BCUT2D eigenvalue weighted by Crippen LogP contribution is 2.44. The van der Waals surface area contributed by atoms with Crippen molar-refractivity contribution in [2.24, 2.45) is 0 Å². The number of rotatable bonds is 6. The SMILES string of the molecule is CCOc1cc(C(C)C(=O)O)c(Cl)c(OCC)c1Cl. The van der Waals surface area contributed by atoms with E-state index in [4.69, 9.17) is 37.8 Å². The highest BCUT2D eigenvalue weighted by Gasteiger charge is 2.24. The lowest BCUT2D eigenvalue weighted by Crippen LogP contribution is -2.10. The maximum absolute atomic E-state index is 11.1. The molecule has 106 valence electrons. The molecule has 19 heavy (non-hydrogen) atoms. The molecule has 0 aliphatic carbocycles. The fraction of sp³-hybridized carbons (Fsp3) is 0.462. The first kappa shape index (κ1) is 15.9. The second kappa shape index (κ2) is 6.87. The monoisotopic (exact) mass is 306 g/mol. The third kappa shape index (κ3) is 3.45. The van der Waals surface area contributed by atoms with E-state index in [0.29, 0.717) is 24.5 Å². The average molecular weight is 307 g/mol. The van der Waals surface area contributed by atoms with E-state index < -0.39 is 11.9 Å². The molecule has 0 amide bonds. The van der Waals surface area contributed by atoms with Crippen LogP contribution in [0, 0.1) is 0 Å². The zero-order valence-electron chi connectivity index (χ0n) is 11.0. The first-order valence-corrected chi connectivity index (χ1v) is 6.69. The summed E-state index contributed by atoms with van der Waals surface area (Å²) in [5.74, 6) is -1.11. The van der Waals surface area contributed by atoms with E-state index in [0.717, 1.165) is 0 Å². The van der Waals surface area contributed by atoms with Crippen molar-refractivity contribution < 1.29 is 19.4 Å². The molecule has 1 aromatic rings. The molecule has 1 rings (SSSR count). The number of aliphatic carboxylic acids is 1. The molecule has 1 atom stereocenters. The number of hydrogen-bond donors (Lipinski definition) is 1. The predicted octanol–water partition coefficient (Wildman–Crippen LogP) is 3.98. The predicted molar refractivity (Wildman–Crippen MR) is 74.9 cm³/mol. The molecule has 4 nitrogen and oxygen atoms in total. The van der Waals surface area contributed by atoms with Gasteiger partial charge < -0.3 is 14.6 Å². The summed E-state index contributed by atoms with van der Waals surface area (Å²) >= 11 is 12.3. The summed E-state index contributed by atoms with van der Waals surface area (Å²) in [6.45, 7) is 5.93. The second-order valence-electron chi connectivity index (χ2n) is 3.85. The Morgan fingerprint density at radius 3 is 2.32 bits per heavy atom. The second-order valence-corrected chi connectivity index (χ2v) is 4.60. The van der Waals surface area contributed by atoms with Gasteiger partial charge in [0.15, 0.2) is 5.75 Å². The molecule has 0 aromatic heterocycles. The van der Waals surface area contributed by atoms with Gasteiger partial charge in [-0.25, -0.2) is 0 Å². The van der Waals surface area contributed by atoms with Crippen LogP contribution in [0.5, 0.6) is 11.5 Å². The van der Waals surface area contributed by atoms with Crippen molar-refractivity contribution in [3.8, 4) is 11.5 Å². The molecule has 0 bridgehead atoms. The normalized spacial score (nSPS) is 12.1. The van der Waals surface area contributed by atoms with E-state index >= 15 is 0 Å². The molecule has 1 N–H and O–H groups in total. The van der Waals surface area contributed by atoms with Gasteiger partial charge in [-0.05, 0) is 32.4 Å². The number of benzene rings is 1. The fourth-order valence-electron chi connectivity index (χ4n) is 1.59. The third-order valence-corrected chi connectivity index (χ3v) is 3.33. The van der Waals surface area contributed by atoms with Gasteiger partial charge in [0.25, 0.3) is 0 Å². The van der Waals surface area contributed by atoms with Crippen molar-refractivity contribution in [3.05, 3.63) is 21.7 Å². The van der Waals surface area contributed by atoms with Crippen LogP contribution in [-0.4, -0.2) is 24.3 Å². The molecule has 0 radical (unpaired) electrons. The maximum Gasteiger partial charge on any atom is 0.310 e. The lowest BCUT2D eigenvalue weighted by Gasteiger charge is -2.17. The van der Waals surface area contributed by atoms with Crippen LogP contribution < -0.4 is 9.47 Å². The Morgan fingerprint density at radius 1 is 1.26 bits per heavy atom. The molecule has 0 heterocycles. The summed E-state index contributed by atoms with van der Waals surface area (Å²) in [5.41, 5.74) is 0.422. The summed E-state index contributed by atoms with van der Waals surface area (Å²) in [6.07, 6.45) is 0. The van der Waals surface area contributed by atoms with Crippen LogP contribution in [0.2, 0.25) is 10.0 Å². The van der Waals surface area contributed by atoms with Crippen molar-refractivity contribution in [3.63, 3.8) is 0 Å². The minimum absolute atomic E-state index is 0.213. The van der Waals surface area contributed by atoms with E-state index in [1.165, 1.54) is 0 Å². The Hall–Kier alpha value is -1.13. The van der Waals surface area contributed by atoms with Crippen molar-refractivity contribution in [2.45, 2.75) is 26.7 Å². The van der Waals surface area contributed by atoms with Gasteiger partial charge in [0.1, 0.15) is 10.8 Å². The largest absolute Gasteiger partial charge is 0.492 e. The van der Waals surface area contributed by atoms with Crippen LogP contribution in [-0.2, 0) is 4.79 Å². The van der Waals surface area contributed by atoms with Gasteiger partial charge >= 0.3 is 5.97 Å². The standard InChI is InChI=1S/C13H16Cl2O4/c1-4-18-9-6-8(7(3)13(16)17)10(14)12(11(9)15)19-5-2/h6-7H,4-5H2,1-3H3,(H,16,17). The van der Waals surface area contributed by atoms with Crippen LogP contribution in [0.15, 0.2) is 6.07 Å². The molecule has 1 aromatic carbocycles. The average Bonchev–Trinajstić information content (AvgIpc) is 2.37. The molecule has 0 saturated heterocycles. The van der Waals surface area contributed by atoms with E-state index in [1.807, 2.05) is 6.92 Å². The quantitative estimate of drug-likeness (QED) is 0.863. The van der Waals surface area contributed by atoms with Crippen LogP contribution in [0.1, 0.15) is 32.3 Å². The number of carboxylic acids is 1. The summed E-state index contributed by atoms with van der Waals surface area (Å²) in [6, 6.07) is 1.55. The molecule has 6 heteroatoms. The molecule has 1 unspecified atom stereocenters. The van der Waals surface area contributed by atoms with Crippen LogP contribution >= 0.6 is 23.2 Å². The summed E-state index contributed by atoms with van der Waals surface area (Å²) < 4.78 is 10.8. The van der Waals surface area contributed by atoms with Gasteiger partial charge in [-0.2, -0.15) is 0 Å². The van der Waals surface area contributed by atoms with E-state index in [2.05, 4.69) is 0 Å². The molecule has 0 fully saturated rings. The Bertz CT molecular complexity index is 474. The van der Waals surface area contributed by atoms with Crippen molar-refractivity contribution in [2.75, 3.05) is 13.2 Å². The van der Waals surface area contributed by atoms with Gasteiger partial charge in [0, 0.05) is 0 Å². The van der Waals surface area contributed by atoms with Gasteiger partial charge in [-0.15, -0.1) is 0 Å². The van der Waals surface area contributed by atoms with Crippen LogP contribution in [0.25, 0.3) is 0 Å². The summed E-state index contributed by atoms with van der Waals surface area (Å²) in [4.78, 5) is 11.1. The van der Waals surface area contributed by atoms with Gasteiger partial charge in [-0.3, -0.25) is 4.79 Å².